The van der Waals surface area contributed by atoms with Gasteiger partial charge in [-0.1, -0.05) is 22.8 Å². The van der Waals surface area contributed by atoms with Crippen molar-refractivity contribution in [2.75, 3.05) is 13.7 Å². The zero-order chi connectivity index (χ0) is 15.5. The Bertz CT molecular complexity index is 601. The summed E-state index contributed by atoms with van der Waals surface area (Å²) in [5.41, 5.74) is 5.25. The first-order valence-corrected chi connectivity index (χ1v) is 6.84. The van der Waals surface area contributed by atoms with E-state index in [0.717, 1.165) is 0 Å². The van der Waals surface area contributed by atoms with Gasteiger partial charge in [0, 0.05) is 12.1 Å². The van der Waals surface area contributed by atoms with Crippen LogP contribution in [0.15, 0.2) is 28.8 Å². The minimum absolute atomic E-state index is 0.287. The lowest BCUT2D eigenvalue weighted by atomic mass is 10.1. The Hall–Kier alpha value is -1.63. The van der Waals surface area contributed by atoms with Gasteiger partial charge in [-0.05, 0) is 32.0 Å². The molecule has 1 aromatic carbocycles. The van der Waals surface area contributed by atoms with E-state index in [4.69, 9.17) is 31.3 Å². The van der Waals surface area contributed by atoms with Crippen LogP contribution in [0, 0.1) is 0 Å². The van der Waals surface area contributed by atoms with Crippen molar-refractivity contribution in [3.8, 4) is 5.75 Å². The fraction of sp³-hybridized carbons (Fsp3) is 0.429. The third-order valence-corrected chi connectivity index (χ3v) is 3.09. The maximum Gasteiger partial charge on any atom is 0.267 e. The van der Waals surface area contributed by atoms with Crippen molar-refractivity contribution in [3.63, 3.8) is 0 Å². The summed E-state index contributed by atoms with van der Waals surface area (Å²) in [5.74, 6) is 1.35. The van der Waals surface area contributed by atoms with Gasteiger partial charge in [-0.25, -0.2) is 0 Å². The fourth-order valence-corrected chi connectivity index (χ4v) is 1.97. The Morgan fingerprint density at radius 1 is 1.48 bits per heavy atom. The third kappa shape index (κ3) is 3.93. The standard InChI is InChI=1S/C14H18ClN3O3/c1-9(20-11-6-4-5-10(15)7-11)12-17-13(18-21-12)14(2,16)8-19-3/h4-7,9H,8,16H2,1-3H3. The van der Waals surface area contributed by atoms with Crippen molar-refractivity contribution < 1.29 is 14.0 Å². The summed E-state index contributed by atoms with van der Waals surface area (Å²) in [7, 11) is 1.57. The molecule has 0 saturated heterocycles. The predicted octanol–water partition coefficient (Wildman–Crippen LogP) is 2.68. The smallest absolute Gasteiger partial charge is 0.267 e. The molecule has 2 N–H and O–H groups in total. The van der Waals surface area contributed by atoms with E-state index in [1.165, 1.54) is 0 Å². The molecular formula is C14H18ClN3O3. The van der Waals surface area contributed by atoms with Crippen molar-refractivity contribution in [3.05, 3.63) is 41.0 Å². The number of aromatic nitrogens is 2. The molecule has 114 valence electrons. The molecule has 0 spiro atoms. The fourth-order valence-electron chi connectivity index (χ4n) is 1.79. The van der Waals surface area contributed by atoms with Crippen molar-refractivity contribution in [1.82, 2.24) is 10.1 Å². The molecule has 2 aromatic rings. The van der Waals surface area contributed by atoms with Crippen LogP contribution in [-0.4, -0.2) is 23.9 Å². The molecular weight excluding hydrogens is 294 g/mol. The van der Waals surface area contributed by atoms with E-state index < -0.39 is 11.6 Å². The maximum absolute atomic E-state index is 6.07. The highest BCUT2D eigenvalue weighted by Crippen LogP contribution is 2.24. The molecule has 0 fully saturated rings. The summed E-state index contributed by atoms with van der Waals surface area (Å²) < 4.78 is 16.0. The van der Waals surface area contributed by atoms with Crippen molar-refractivity contribution in [1.29, 1.82) is 0 Å². The second kappa shape index (κ2) is 6.43. The van der Waals surface area contributed by atoms with Gasteiger partial charge in [0.1, 0.15) is 11.3 Å². The number of halogens is 1. The first-order chi connectivity index (χ1) is 9.92. The molecule has 1 heterocycles. The van der Waals surface area contributed by atoms with Gasteiger partial charge in [-0.2, -0.15) is 4.98 Å². The van der Waals surface area contributed by atoms with Crippen LogP contribution in [0.3, 0.4) is 0 Å². The third-order valence-electron chi connectivity index (χ3n) is 2.85. The Morgan fingerprint density at radius 3 is 2.90 bits per heavy atom. The minimum atomic E-state index is -0.813. The van der Waals surface area contributed by atoms with Gasteiger partial charge in [0.2, 0.25) is 0 Å². The number of hydrogen-bond acceptors (Lipinski definition) is 6. The van der Waals surface area contributed by atoms with E-state index in [1.807, 2.05) is 6.92 Å². The number of nitrogens with zero attached hydrogens (tertiary/aromatic N) is 2. The number of nitrogens with two attached hydrogens (primary N) is 1. The maximum atomic E-state index is 6.07. The summed E-state index contributed by atoms with van der Waals surface area (Å²) in [4.78, 5) is 4.28. The molecule has 0 saturated carbocycles. The van der Waals surface area contributed by atoms with Crippen LogP contribution in [0.1, 0.15) is 31.7 Å². The molecule has 21 heavy (non-hydrogen) atoms. The van der Waals surface area contributed by atoms with E-state index in [9.17, 15) is 0 Å². The molecule has 2 unspecified atom stereocenters. The van der Waals surface area contributed by atoms with Gasteiger partial charge in [-0.3, -0.25) is 0 Å². The van der Waals surface area contributed by atoms with Gasteiger partial charge in [0.25, 0.3) is 5.89 Å². The van der Waals surface area contributed by atoms with Gasteiger partial charge >= 0.3 is 0 Å². The highest BCUT2D eigenvalue weighted by Gasteiger charge is 2.29. The van der Waals surface area contributed by atoms with E-state index in [1.54, 1.807) is 38.3 Å². The van der Waals surface area contributed by atoms with Gasteiger partial charge in [0.05, 0.1) is 6.61 Å². The normalized spacial score (nSPS) is 15.5. The molecule has 0 amide bonds. The van der Waals surface area contributed by atoms with Crippen LogP contribution in [-0.2, 0) is 10.3 Å². The summed E-state index contributed by atoms with van der Waals surface area (Å²) in [5, 5.41) is 4.49. The molecule has 0 radical (unpaired) electrons. The topological polar surface area (TPSA) is 83.4 Å². The molecule has 2 atom stereocenters. The van der Waals surface area contributed by atoms with Crippen LogP contribution in [0.2, 0.25) is 5.02 Å². The zero-order valence-electron chi connectivity index (χ0n) is 12.2. The zero-order valence-corrected chi connectivity index (χ0v) is 12.9. The summed E-state index contributed by atoms with van der Waals surface area (Å²) >= 11 is 5.91. The van der Waals surface area contributed by atoms with Crippen molar-refractivity contribution in [2.45, 2.75) is 25.5 Å². The summed E-state index contributed by atoms with van der Waals surface area (Å²) in [6.07, 6.45) is -0.414. The molecule has 0 aliphatic heterocycles. The van der Waals surface area contributed by atoms with E-state index >= 15 is 0 Å². The van der Waals surface area contributed by atoms with Crippen LogP contribution in [0.5, 0.6) is 5.75 Å². The van der Waals surface area contributed by atoms with Crippen molar-refractivity contribution in [2.24, 2.45) is 5.73 Å². The number of hydrogen-bond donors (Lipinski definition) is 1. The van der Waals surface area contributed by atoms with Crippen LogP contribution in [0.4, 0.5) is 0 Å². The van der Waals surface area contributed by atoms with Crippen LogP contribution in [0.25, 0.3) is 0 Å². The van der Waals surface area contributed by atoms with Crippen LogP contribution < -0.4 is 10.5 Å². The molecule has 6 nitrogen and oxygen atoms in total. The summed E-state index contributed by atoms with van der Waals surface area (Å²) in [6.45, 7) is 3.87. The number of benzene rings is 1. The molecule has 2 rings (SSSR count). The average Bonchev–Trinajstić information content (AvgIpc) is 2.89. The molecule has 1 aromatic heterocycles. The van der Waals surface area contributed by atoms with E-state index in [0.29, 0.717) is 22.5 Å². The second-order valence-corrected chi connectivity index (χ2v) is 5.46. The monoisotopic (exact) mass is 311 g/mol. The Kier molecular flexibility index (Phi) is 4.82. The quantitative estimate of drug-likeness (QED) is 0.883. The Balaban J connectivity index is 2.10. The average molecular weight is 312 g/mol. The highest BCUT2D eigenvalue weighted by atomic mass is 35.5. The lowest BCUT2D eigenvalue weighted by Crippen LogP contribution is -2.39. The lowest BCUT2D eigenvalue weighted by molar-refractivity contribution is 0.134. The molecule has 0 bridgehead atoms. The Labute approximate surface area is 128 Å². The number of rotatable bonds is 6. The van der Waals surface area contributed by atoms with Crippen LogP contribution >= 0.6 is 11.6 Å². The predicted molar refractivity (Wildman–Crippen MR) is 78.2 cm³/mol. The minimum Gasteiger partial charge on any atom is -0.481 e. The SMILES string of the molecule is COCC(C)(N)c1noc(C(C)Oc2cccc(Cl)c2)n1. The first kappa shape index (κ1) is 15.8. The second-order valence-electron chi connectivity index (χ2n) is 5.02. The lowest BCUT2D eigenvalue weighted by Gasteiger charge is -2.18. The first-order valence-electron chi connectivity index (χ1n) is 6.46. The highest BCUT2D eigenvalue weighted by molar-refractivity contribution is 6.30. The Morgan fingerprint density at radius 2 is 2.24 bits per heavy atom. The molecule has 7 heteroatoms. The van der Waals surface area contributed by atoms with E-state index in [2.05, 4.69) is 10.1 Å². The van der Waals surface area contributed by atoms with Crippen molar-refractivity contribution >= 4 is 11.6 Å². The van der Waals surface area contributed by atoms with E-state index in [-0.39, 0.29) is 6.61 Å². The molecule has 0 aliphatic carbocycles. The van der Waals surface area contributed by atoms with Gasteiger partial charge in [0.15, 0.2) is 11.9 Å². The number of ether oxygens (including phenoxy) is 2. The summed E-state index contributed by atoms with van der Waals surface area (Å²) in [6, 6.07) is 7.10. The van der Waals surface area contributed by atoms with Gasteiger partial charge in [-0.15, -0.1) is 0 Å². The molecule has 0 aliphatic rings. The largest absolute Gasteiger partial charge is 0.481 e. The van der Waals surface area contributed by atoms with Gasteiger partial charge < -0.3 is 19.7 Å². The number of methoxy groups -OCH3 is 1.